The maximum Gasteiger partial charge on any atom is 0.132 e. The molecule has 0 fully saturated rings. The molecular formula is C16H22N2O2. The van der Waals surface area contributed by atoms with Crippen molar-refractivity contribution in [3.05, 3.63) is 47.8 Å². The number of benzene rings is 1. The van der Waals surface area contributed by atoms with E-state index in [0.717, 1.165) is 17.0 Å². The molecule has 1 aromatic carbocycles. The highest BCUT2D eigenvalue weighted by Crippen LogP contribution is 2.15. The Balaban J connectivity index is 1.90. The van der Waals surface area contributed by atoms with Crippen molar-refractivity contribution in [3.8, 4) is 5.75 Å². The summed E-state index contributed by atoms with van der Waals surface area (Å²) in [5.74, 6) is 0.818. The molecule has 0 bridgehead atoms. The van der Waals surface area contributed by atoms with E-state index in [9.17, 15) is 5.11 Å². The minimum atomic E-state index is -0.318. The molecule has 4 nitrogen and oxygen atoms in total. The van der Waals surface area contributed by atoms with Gasteiger partial charge in [0, 0.05) is 12.2 Å². The van der Waals surface area contributed by atoms with E-state index in [1.54, 1.807) is 6.92 Å². The number of ether oxygens (including phenoxy) is 1. The summed E-state index contributed by atoms with van der Waals surface area (Å²) in [4.78, 5) is 0. The van der Waals surface area contributed by atoms with Crippen LogP contribution in [-0.2, 0) is 13.0 Å². The first-order valence-corrected chi connectivity index (χ1v) is 6.98. The molecule has 1 atom stereocenters. The molecule has 20 heavy (non-hydrogen) atoms. The maximum absolute atomic E-state index is 9.33. The lowest BCUT2D eigenvalue weighted by Crippen LogP contribution is -2.04. The first-order chi connectivity index (χ1) is 9.54. The summed E-state index contributed by atoms with van der Waals surface area (Å²) in [6.45, 7) is 6.45. The second-order valence-corrected chi connectivity index (χ2v) is 5.37. The fourth-order valence-corrected chi connectivity index (χ4v) is 1.96. The van der Waals surface area contributed by atoms with Crippen molar-refractivity contribution in [3.63, 3.8) is 0 Å². The van der Waals surface area contributed by atoms with Crippen LogP contribution in [0.3, 0.4) is 0 Å². The number of aromatic nitrogens is 2. The zero-order valence-electron chi connectivity index (χ0n) is 12.3. The lowest BCUT2D eigenvalue weighted by atomic mass is 10.1. The van der Waals surface area contributed by atoms with E-state index in [4.69, 9.17) is 4.74 Å². The van der Waals surface area contributed by atoms with Crippen LogP contribution in [-0.4, -0.2) is 21.0 Å². The molecule has 0 saturated carbocycles. The zero-order valence-corrected chi connectivity index (χ0v) is 12.3. The van der Waals surface area contributed by atoms with Gasteiger partial charge in [0.25, 0.3) is 0 Å². The molecule has 0 spiro atoms. The van der Waals surface area contributed by atoms with Gasteiger partial charge in [-0.25, -0.2) is 0 Å². The van der Waals surface area contributed by atoms with Crippen LogP contribution in [0.1, 0.15) is 38.1 Å². The Hall–Kier alpha value is -1.81. The third kappa shape index (κ3) is 4.10. The lowest BCUT2D eigenvalue weighted by Gasteiger charge is -2.07. The van der Waals surface area contributed by atoms with Crippen molar-refractivity contribution < 1.29 is 9.84 Å². The van der Waals surface area contributed by atoms with Gasteiger partial charge in [-0.05, 0) is 51.0 Å². The Labute approximate surface area is 120 Å². The molecule has 0 radical (unpaired) electrons. The largest absolute Gasteiger partial charge is 0.487 e. The van der Waals surface area contributed by atoms with Gasteiger partial charge in [-0.3, -0.25) is 4.68 Å². The summed E-state index contributed by atoms with van der Waals surface area (Å²) in [5, 5.41) is 13.8. The van der Waals surface area contributed by atoms with Gasteiger partial charge < -0.3 is 9.84 Å². The molecule has 2 aromatic rings. The predicted octanol–water partition coefficient (Wildman–Crippen LogP) is 2.97. The van der Waals surface area contributed by atoms with Crippen LogP contribution in [0.25, 0.3) is 0 Å². The van der Waals surface area contributed by atoms with E-state index in [1.807, 2.05) is 41.2 Å². The fraction of sp³-hybridized carbons (Fsp3) is 0.438. The minimum absolute atomic E-state index is 0.318. The number of hydrogen-bond acceptors (Lipinski definition) is 3. The Morgan fingerprint density at radius 2 is 1.85 bits per heavy atom. The standard InChI is InChI=1S/C16H22N2O2/c1-12(2)18-9-8-15(17-18)11-20-16-6-4-14(5-7-16)10-13(3)19/h4-9,12-13,19H,10-11H2,1-3H3. The molecule has 2 rings (SSSR count). The van der Waals surface area contributed by atoms with E-state index in [0.29, 0.717) is 19.1 Å². The highest BCUT2D eigenvalue weighted by molar-refractivity contribution is 5.27. The molecule has 4 heteroatoms. The van der Waals surface area contributed by atoms with Crippen LogP contribution in [0.5, 0.6) is 5.75 Å². The average Bonchev–Trinajstić information content (AvgIpc) is 2.86. The van der Waals surface area contributed by atoms with Crippen molar-refractivity contribution in [1.29, 1.82) is 0 Å². The van der Waals surface area contributed by atoms with Crippen LogP contribution >= 0.6 is 0 Å². The number of hydrogen-bond donors (Lipinski definition) is 1. The first kappa shape index (κ1) is 14.6. The average molecular weight is 274 g/mol. The Kier molecular flexibility index (Phi) is 4.79. The van der Waals surface area contributed by atoms with Gasteiger partial charge in [-0.1, -0.05) is 12.1 Å². The molecule has 0 aliphatic rings. The van der Waals surface area contributed by atoms with Gasteiger partial charge in [-0.2, -0.15) is 5.10 Å². The third-order valence-corrected chi connectivity index (χ3v) is 3.03. The van der Waals surface area contributed by atoms with Crippen molar-refractivity contribution >= 4 is 0 Å². The van der Waals surface area contributed by atoms with E-state index in [2.05, 4.69) is 18.9 Å². The van der Waals surface area contributed by atoms with Crippen LogP contribution in [0, 0.1) is 0 Å². The monoisotopic (exact) mass is 274 g/mol. The normalized spacial score (nSPS) is 12.7. The van der Waals surface area contributed by atoms with Gasteiger partial charge in [0.15, 0.2) is 0 Å². The SMILES string of the molecule is CC(O)Cc1ccc(OCc2ccn(C(C)C)n2)cc1. The molecule has 0 amide bonds. The van der Waals surface area contributed by atoms with Gasteiger partial charge in [0.1, 0.15) is 12.4 Å². The summed E-state index contributed by atoms with van der Waals surface area (Å²) in [6, 6.07) is 10.2. The predicted molar refractivity (Wildman–Crippen MR) is 78.8 cm³/mol. The molecule has 0 aliphatic carbocycles. The Morgan fingerprint density at radius 1 is 1.15 bits per heavy atom. The summed E-state index contributed by atoms with van der Waals surface area (Å²) in [6.07, 6.45) is 2.32. The second kappa shape index (κ2) is 6.57. The van der Waals surface area contributed by atoms with E-state index >= 15 is 0 Å². The fourth-order valence-electron chi connectivity index (χ4n) is 1.96. The molecule has 1 N–H and O–H groups in total. The van der Waals surface area contributed by atoms with E-state index < -0.39 is 0 Å². The topological polar surface area (TPSA) is 47.3 Å². The van der Waals surface area contributed by atoms with Crippen LogP contribution in [0.15, 0.2) is 36.5 Å². The smallest absolute Gasteiger partial charge is 0.132 e. The zero-order chi connectivity index (χ0) is 14.5. The number of aliphatic hydroxyl groups excluding tert-OH is 1. The molecule has 0 aliphatic heterocycles. The van der Waals surface area contributed by atoms with Crippen molar-refractivity contribution in [2.24, 2.45) is 0 Å². The minimum Gasteiger partial charge on any atom is -0.487 e. The molecule has 1 heterocycles. The van der Waals surface area contributed by atoms with Gasteiger partial charge >= 0.3 is 0 Å². The number of rotatable bonds is 6. The maximum atomic E-state index is 9.33. The van der Waals surface area contributed by atoms with Crippen molar-refractivity contribution in [2.45, 2.75) is 45.9 Å². The summed E-state index contributed by atoms with van der Waals surface area (Å²) in [5.41, 5.74) is 2.03. The molecule has 0 saturated heterocycles. The number of aliphatic hydroxyl groups is 1. The summed E-state index contributed by atoms with van der Waals surface area (Å²) in [7, 11) is 0. The Bertz CT molecular complexity index is 530. The summed E-state index contributed by atoms with van der Waals surface area (Å²) < 4.78 is 7.63. The highest BCUT2D eigenvalue weighted by Gasteiger charge is 2.04. The summed E-state index contributed by atoms with van der Waals surface area (Å²) >= 11 is 0. The van der Waals surface area contributed by atoms with Gasteiger partial charge in [0.2, 0.25) is 0 Å². The molecule has 108 valence electrons. The lowest BCUT2D eigenvalue weighted by molar-refractivity contribution is 0.195. The quantitative estimate of drug-likeness (QED) is 0.881. The van der Waals surface area contributed by atoms with Crippen molar-refractivity contribution in [1.82, 2.24) is 9.78 Å². The van der Waals surface area contributed by atoms with Crippen LogP contribution in [0.4, 0.5) is 0 Å². The second-order valence-electron chi connectivity index (χ2n) is 5.37. The van der Waals surface area contributed by atoms with E-state index in [1.165, 1.54) is 0 Å². The van der Waals surface area contributed by atoms with Gasteiger partial charge in [-0.15, -0.1) is 0 Å². The van der Waals surface area contributed by atoms with Gasteiger partial charge in [0.05, 0.1) is 11.8 Å². The van der Waals surface area contributed by atoms with Crippen molar-refractivity contribution in [2.75, 3.05) is 0 Å². The van der Waals surface area contributed by atoms with E-state index in [-0.39, 0.29) is 6.10 Å². The molecular weight excluding hydrogens is 252 g/mol. The third-order valence-electron chi connectivity index (χ3n) is 3.03. The first-order valence-electron chi connectivity index (χ1n) is 6.98. The highest BCUT2D eigenvalue weighted by atomic mass is 16.5. The van der Waals surface area contributed by atoms with Crippen LogP contribution in [0.2, 0.25) is 0 Å². The number of nitrogens with zero attached hydrogens (tertiary/aromatic N) is 2. The van der Waals surface area contributed by atoms with Crippen LogP contribution < -0.4 is 4.74 Å². The molecule has 1 aromatic heterocycles. The molecule has 1 unspecified atom stereocenters. The Morgan fingerprint density at radius 3 is 2.40 bits per heavy atom.